The van der Waals surface area contributed by atoms with Crippen LogP contribution in [0, 0.1) is 0 Å². The monoisotopic (exact) mass is 345 g/mol. The highest BCUT2D eigenvalue weighted by Gasteiger charge is 2.28. The number of aromatic nitrogens is 4. The summed E-state index contributed by atoms with van der Waals surface area (Å²) in [5.41, 5.74) is 7.44. The third-order valence-corrected chi connectivity index (χ3v) is 5.44. The first-order valence-electron chi connectivity index (χ1n) is 8.04. The van der Waals surface area contributed by atoms with Crippen LogP contribution in [-0.2, 0) is 4.79 Å². The number of rotatable bonds is 3. The number of fused-ring (bicyclic) bond motifs is 1. The van der Waals surface area contributed by atoms with Crippen LogP contribution in [0.2, 0.25) is 0 Å². The number of amides is 1. The van der Waals surface area contributed by atoms with Gasteiger partial charge in [-0.15, -0.1) is 11.8 Å². The molecule has 0 bridgehead atoms. The SMILES string of the molecule is N[C@H]1CCC[C@@H]1NC(=O)C1=CN(c2ncnc3nc[nH]c23)CCS1. The minimum absolute atomic E-state index is 0.0537. The van der Waals surface area contributed by atoms with Crippen LogP contribution in [-0.4, -0.2) is 50.2 Å². The van der Waals surface area contributed by atoms with Crippen molar-refractivity contribution in [2.45, 2.75) is 31.3 Å². The number of hydrogen-bond acceptors (Lipinski definition) is 7. The minimum Gasteiger partial charge on any atom is -0.347 e. The van der Waals surface area contributed by atoms with E-state index in [2.05, 4.69) is 25.3 Å². The zero-order chi connectivity index (χ0) is 16.5. The van der Waals surface area contributed by atoms with Crippen molar-refractivity contribution in [3.05, 3.63) is 23.8 Å². The fraction of sp³-hybridized carbons (Fsp3) is 0.467. The lowest BCUT2D eigenvalue weighted by atomic mass is 10.2. The average Bonchev–Trinajstić information content (AvgIpc) is 3.24. The van der Waals surface area contributed by atoms with Crippen LogP contribution in [0.15, 0.2) is 23.8 Å². The van der Waals surface area contributed by atoms with E-state index >= 15 is 0 Å². The third kappa shape index (κ3) is 2.84. The van der Waals surface area contributed by atoms with E-state index in [1.807, 2.05) is 11.1 Å². The number of H-pyrrole nitrogens is 1. The lowest BCUT2D eigenvalue weighted by molar-refractivity contribution is -0.117. The van der Waals surface area contributed by atoms with Gasteiger partial charge in [-0.2, -0.15) is 0 Å². The van der Waals surface area contributed by atoms with Gasteiger partial charge in [-0.05, 0) is 19.3 Å². The molecular weight excluding hydrogens is 326 g/mol. The Bertz CT molecular complexity index is 789. The molecule has 0 spiro atoms. The summed E-state index contributed by atoms with van der Waals surface area (Å²) in [5, 5.41) is 3.07. The van der Waals surface area contributed by atoms with E-state index in [-0.39, 0.29) is 18.0 Å². The molecule has 0 aromatic carbocycles. The first kappa shape index (κ1) is 15.4. The summed E-state index contributed by atoms with van der Waals surface area (Å²) in [4.78, 5) is 30.9. The molecule has 4 N–H and O–H groups in total. The molecule has 2 aromatic heterocycles. The van der Waals surface area contributed by atoms with E-state index in [9.17, 15) is 4.79 Å². The lowest BCUT2D eigenvalue weighted by Gasteiger charge is -2.26. The van der Waals surface area contributed by atoms with Crippen molar-refractivity contribution in [3.8, 4) is 0 Å². The van der Waals surface area contributed by atoms with Crippen molar-refractivity contribution >= 4 is 34.7 Å². The number of aromatic amines is 1. The maximum absolute atomic E-state index is 12.6. The van der Waals surface area contributed by atoms with E-state index in [4.69, 9.17) is 5.73 Å². The van der Waals surface area contributed by atoms with Crippen molar-refractivity contribution in [2.75, 3.05) is 17.2 Å². The summed E-state index contributed by atoms with van der Waals surface area (Å²) in [6.45, 7) is 0.773. The van der Waals surface area contributed by atoms with Crippen LogP contribution in [0.3, 0.4) is 0 Å². The highest BCUT2D eigenvalue weighted by molar-refractivity contribution is 8.04. The first-order valence-corrected chi connectivity index (χ1v) is 9.03. The van der Waals surface area contributed by atoms with Gasteiger partial charge >= 0.3 is 0 Å². The molecule has 2 aliphatic rings. The largest absolute Gasteiger partial charge is 0.347 e. The number of nitrogens with one attached hydrogen (secondary N) is 2. The van der Waals surface area contributed by atoms with Gasteiger partial charge in [0.2, 0.25) is 0 Å². The van der Waals surface area contributed by atoms with Crippen LogP contribution in [0.4, 0.5) is 5.82 Å². The summed E-state index contributed by atoms with van der Waals surface area (Å²) in [6, 6.07) is 0.137. The zero-order valence-corrected chi connectivity index (χ0v) is 13.9. The Labute approximate surface area is 143 Å². The summed E-state index contributed by atoms with van der Waals surface area (Å²) in [7, 11) is 0. The van der Waals surface area contributed by atoms with Crippen molar-refractivity contribution in [1.29, 1.82) is 0 Å². The molecule has 9 heteroatoms. The Kier molecular flexibility index (Phi) is 4.11. The van der Waals surface area contributed by atoms with Crippen LogP contribution < -0.4 is 16.0 Å². The quantitative estimate of drug-likeness (QED) is 0.752. The first-order chi connectivity index (χ1) is 11.7. The van der Waals surface area contributed by atoms with E-state index in [0.717, 1.165) is 42.9 Å². The van der Waals surface area contributed by atoms with Gasteiger partial charge in [0.05, 0.1) is 11.2 Å². The molecule has 8 nitrogen and oxygen atoms in total. The van der Waals surface area contributed by atoms with E-state index in [0.29, 0.717) is 10.6 Å². The summed E-state index contributed by atoms with van der Waals surface area (Å²) in [5.74, 6) is 1.50. The standard InChI is InChI=1S/C15H19N7OS/c16-9-2-1-3-10(9)21-15(23)11-6-22(4-5-24-11)14-12-13(18-7-17-12)19-8-20-14/h6-10H,1-5,16H2,(H,21,23)(H,17,18,19,20)/t9-,10-/m0/s1. The van der Waals surface area contributed by atoms with Gasteiger partial charge in [-0.25, -0.2) is 15.0 Å². The topological polar surface area (TPSA) is 113 Å². The highest BCUT2D eigenvalue weighted by atomic mass is 32.2. The molecule has 1 fully saturated rings. The minimum atomic E-state index is -0.0537. The molecule has 0 unspecified atom stereocenters. The van der Waals surface area contributed by atoms with Crippen LogP contribution in [0.1, 0.15) is 19.3 Å². The second-order valence-corrected chi connectivity index (χ2v) is 7.15. The maximum atomic E-state index is 12.6. The van der Waals surface area contributed by atoms with E-state index in [1.54, 1.807) is 18.1 Å². The molecule has 1 saturated carbocycles. The van der Waals surface area contributed by atoms with Gasteiger partial charge in [-0.1, -0.05) is 0 Å². The van der Waals surface area contributed by atoms with Crippen molar-refractivity contribution < 1.29 is 4.79 Å². The molecule has 126 valence electrons. The molecule has 0 saturated heterocycles. The number of imidazole rings is 1. The molecule has 0 radical (unpaired) electrons. The molecule has 3 heterocycles. The predicted molar refractivity (Wildman–Crippen MR) is 93.3 cm³/mol. The predicted octanol–water partition coefficient (Wildman–Crippen LogP) is 0.744. The molecular formula is C15H19N7OS. The highest BCUT2D eigenvalue weighted by Crippen LogP contribution is 2.28. The Morgan fingerprint density at radius 1 is 1.38 bits per heavy atom. The molecule has 1 aliphatic carbocycles. The number of thioether (sulfide) groups is 1. The average molecular weight is 345 g/mol. The number of nitrogens with zero attached hydrogens (tertiary/aromatic N) is 4. The Hall–Kier alpha value is -2.13. The molecule has 1 aliphatic heterocycles. The number of hydrogen-bond donors (Lipinski definition) is 3. The molecule has 1 amide bonds. The van der Waals surface area contributed by atoms with Crippen LogP contribution in [0.5, 0.6) is 0 Å². The Morgan fingerprint density at radius 2 is 2.29 bits per heavy atom. The lowest BCUT2D eigenvalue weighted by Crippen LogP contribution is -2.44. The molecule has 4 rings (SSSR count). The van der Waals surface area contributed by atoms with Crippen LogP contribution >= 0.6 is 11.8 Å². The van der Waals surface area contributed by atoms with Crippen molar-refractivity contribution in [1.82, 2.24) is 25.3 Å². The smallest absolute Gasteiger partial charge is 0.259 e. The van der Waals surface area contributed by atoms with Crippen LogP contribution in [0.25, 0.3) is 11.2 Å². The Balaban J connectivity index is 1.56. The molecule has 2 aromatic rings. The fourth-order valence-electron chi connectivity index (χ4n) is 3.17. The van der Waals surface area contributed by atoms with Gasteiger partial charge in [0.25, 0.3) is 5.91 Å². The number of nitrogens with two attached hydrogens (primary N) is 1. The normalized spacial score (nSPS) is 24.2. The second-order valence-electron chi connectivity index (χ2n) is 6.01. The summed E-state index contributed by atoms with van der Waals surface area (Å²) >= 11 is 1.56. The van der Waals surface area contributed by atoms with Gasteiger partial charge in [-0.3, -0.25) is 4.79 Å². The van der Waals surface area contributed by atoms with E-state index in [1.165, 1.54) is 6.33 Å². The van der Waals surface area contributed by atoms with Crippen molar-refractivity contribution in [2.24, 2.45) is 5.73 Å². The molecule has 24 heavy (non-hydrogen) atoms. The fourth-order valence-corrected chi connectivity index (χ4v) is 4.07. The number of carbonyl (C=O) groups is 1. The van der Waals surface area contributed by atoms with Crippen molar-refractivity contribution in [3.63, 3.8) is 0 Å². The van der Waals surface area contributed by atoms with Gasteiger partial charge < -0.3 is 20.9 Å². The summed E-state index contributed by atoms with van der Waals surface area (Å²) < 4.78 is 0. The number of carbonyl (C=O) groups excluding carboxylic acids is 1. The maximum Gasteiger partial charge on any atom is 0.259 e. The van der Waals surface area contributed by atoms with Gasteiger partial charge in [0.1, 0.15) is 11.8 Å². The summed E-state index contributed by atoms with van der Waals surface area (Å²) in [6.07, 6.45) is 7.94. The van der Waals surface area contributed by atoms with Gasteiger partial charge in [0.15, 0.2) is 11.5 Å². The van der Waals surface area contributed by atoms with E-state index < -0.39 is 0 Å². The number of anilines is 1. The zero-order valence-electron chi connectivity index (χ0n) is 13.1. The second kappa shape index (κ2) is 6.40. The third-order valence-electron chi connectivity index (χ3n) is 4.45. The Morgan fingerprint density at radius 3 is 3.12 bits per heavy atom. The van der Waals surface area contributed by atoms with Gasteiger partial charge in [0, 0.05) is 30.6 Å². The molecule has 2 atom stereocenters.